The van der Waals surface area contributed by atoms with E-state index < -0.39 is 0 Å². The van der Waals surface area contributed by atoms with Crippen molar-refractivity contribution in [3.63, 3.8) is 0 Å². The van der Waals surface area contributed by atoms with Gasteiger partial charge in [-0.25, -0.2) is 0 Å². The molecule has 1 saturated heterocycles. The van der Waals surface area contributed by atoms with Crippen LogP contribution in [0.1, 0.15) is 23.2 Å². The molecule has 0 saturated carbocycles. The lowest BCUT2D eigenvalue weighted by Gasteiger charge is -2.31. The summed E-state index contributed by atoms with van der Waals surface area (Å²) in [6.45, 7) is 1.21. The minimum absolute atomic E-state index is 0.0130. The number of nitrogens with zero attached hydrogens (tertiary/aromatic N) is 1. The summed E-state index contributed by atoms with van der Waals surface area (Å²) < 4.78 is 0.785. The van der Waals surface area contributed by atoms with Gasteiger partial charge in [-0.15, -0.1) is 0 Å². The molecule has 1 aromatic carbocycles. The van der Waals surface area contributed by atoms with Crippen LogP contribution in [0.3, 0.4) is 0 Å². The number of likely N-dealkylation sites (tertiary alicyclic amines) is 1. The minimum Gasteiger partial charge on any atom is -0.398 e. The topological polar surface area (TPSA) is 75.4 Å². The van der Waals surface area contributed by atoms with Gasteiger partial charge in [0, 0.05) is 41.8 Å². The fraction of sp³-hybridized carbons (Fsp3) is 0.429. The number of carbonyl (C=O) groups is 2. The summed E-state index contributed by atoms with van der Waals surface area (Å²) in [4.78, 5) is 25.7. The summed E-state index contributed by atoms with van der Waals surface area (Å²) in [5, 5.41) is 2.66. The van der Waals surface area contributed by atoms with Crippen LogP contribution in [0.4, 0.5) is 5.69 Å². The van der Waals surface area contributed by atoms with Crippen molar-refractivity contribution >= 4 is 33.4 Å². The molecule has 2 amide bonds. The van der Waals surface area contributed by atoms with Crippen molar-refractivity contribution in [3.8, 4) is 0 Å². The maximum absolute atomic E-state index is 12.4. The summed E-state index contributed by atoms with van der Waals surface area (Å²) >= 11 is 3.31. The van der Waals surface area contributed by atoms with E-state index in [2.05, 4.69) is 21.2 Å². The lowest BCUT2D eigenvalue weighted by Crippen LogP contribution is -2.42. The summed E-state index contributed by atoms with van der Waals surface area (Å²) in [7, 11) is 1.64. The lowest BCUT2D eigenvalue weighted by atomic mass is 9.95. The standard InChI is InChI=1S/C14H18BrN3O2/c1-17-13(19)9-4-6-18(7-5-9)14(20)10-2-3-11(15)12(16)8-10/h2-3,8-9H,4-7,16H2,1H3,(H,17,19). The molecule has 0 aromatic heterocycles. The van der Waals surface area contributed by atoms with Gasteiger partial charge in [0.2, 0.25) is 5.91 Å². The first-order valence-corrected chi connectivity index (χ1v) is 7.38. The predicted octanol–water partition coefficient (Wildman–Crippen LogP) is 1.63. The molecule has 20 heavy (non-hydrogen) atoms. The molecule has 0 aliphatic carbocycles. The largest absolute Gasteiger partial charge is 0.398 e. The second-order valence-electron chi connectivity index (χ2n) is 4.92. The number of carbonyl (C=O) groups excluding carboxylic acids is 2. The lowest BCUT2D eigenvalue weighted by molar-refractivity contribution is -0.125. The molecule has 1 fully saturated rings. The number of anilines is 1. The van der Waals surface area contributed by atoms with Crippen molar-refractivity contribution < 1.29 is 9.59 Å². The molecular formula is C14H18BrN3O2. The predicted molar refractivity (Wildman–Crippen MR) is 81.2 cm³/mol. The number of piperidine rings is 1. The smallest absolute Gasteiger partial charge is 0.253 e. The van der Waals surface area contributed by atoms with Crippen molar-refractivity contribution in [2.75, 3.05) is 25.9 Å². The van der Waals surface area contributed by atoms with Crippen molar-refractivity contribution in [2.45, 2.75) is 12.8 Å². The average Bonchev–Trinajstić information content (AvgIpc) is 2.48. The van der Waals surface area contributed by atoms with Gasteiger partial charge < -0.3 is 16.0 Å². The van der Waals surface area contributed by atoms with Crippen molar-refractivity contribution in [3.05, 3.63) is 28.2 Å². The van der Waals surface area contributed by atoms with Gasteiger partial charge in [-0.05, 0) is 47.0 Å². The van der Waals surface area contributed by atoms with E-state index in [1.54, 1.807) is 30.1 Å². The molecule has 0 unspecified atom stereocenters. The Morgan fingerprint density at radius 3 is 2.55 bits per heavy atom. The van der Waals surface area contributed by atoms with Crippen LogP contribution in [-0.2, 0) is 4.79 Å². The van der Waals surface area contributed by atoms with Gasteiger partial charge in [0.15, 0.2) is 0 Å². The molecule has 1 aromatic rings. The van der Waals surface area contributed by atoms with Crippen LogP contribution in [0, 0.1) is 5.92 Å². The molecular weight excluding hydrogens is 322 g/mol. The van der Waals surface area contributed by atoms with Crippen molar-refractivity contribution in [1.82, 2.24) is 10.2 Å². The molecule has 0 bridgehead atoms. The highest BCUT2D eigenvalue weighted by molar-refractivity contribution is 9.10. The molecule has 6 heteroatoms. The second kappa shape index (κ2) is 6.26. The third-order valence-corrected chi connectivity index (χ3v) is 4.36. The zero-order chi connectivity index (χ0) is 14.7. The van der Waals surface area contributed by atoms with Crippen LogP contribution in [-0.4, -0.2) is 36.9 Å². The highest BCUT2D eigenvalue weighted by Crippen LogP contribution is 2.23. The van der Waals surface area contributed by atoms with Gasteiger partial charge in [0.25, 0.3) is 5.91 Å². The van der Waals surface area contributed by atoms with Crippen LogP contribution < -0.4 is 11.1 Å². The van der Waals surface area contributed by atoms with E-state index in [1.165, 1.54) is 0 Å². The maximum Gasteiger partial charge on any atom is 0.253 e. The third-order valence-electron chi connectivity index (χ3n) is 3.64. The van der Waals surface area contributed by atoms with Crippen LogP contribution in [0.2, 0.25) is 0 Å². The van der Waals surface area contributed by atoms with Crippen molar-refractivity contribution in [2.24, 2.45) is 5.92 Å². The fourth-order valence-electron chi connectivity index (χ4n) is 2.41. The van der Waals surface area contributed by atoms with Gasteiger partial charge in [-0.2, -0.15) is 0 Å². The van der Waals surface area contributed by atoms with Gasteiger partial charge in [0.05, 0.1) is 0 Å². The Morgan fingerprint density at radius 2 is 2.00 bits per heavy atom. The number of nitrogen functional groups attached to an aromatic ring is 1. The first-order valence-electron chi connectivity index (χ1n) is 6.59. The molecule has 1 aliphatic heterocycles. The van der Waals surface area contributed by atoms with E-state index in [1.807, 2.05) is 0 Å². The molecule has 3 N–H and O–H groups in total. The Morgan fingerprint density at radius 1 is 1.35 bits per heavy atom. The average molecular weight is 340 g/mol. The van der Waals surface area contributed by atoms with Gasteiger partial charge >= 0.3 is 0 Å². The van der Waals surface area contributed by atoms with E-state index in [0.29, 0.717) is 37.2 Å². The Kier molecular flexibility index (Phi) is 4.65. The van der Waals surface area contributed by atoms with Crippen LogP contribution in [0.5, 0.6) is 0 Å². The number of amides is 2. The molecule has 0 atom stereocenters. The Hall–Kier alpha value is -1.56. The number of hydrogen-bond donors (Lipinski definition) is 2. The first-order chi connectivity index (χ1) is 9.52. The van der Waals surface area contributed by atoms with E-state index in [4.69, 9.17) is 5.73 Å². The SMILES string of the molecule is CNC(=O)C1CCN(C(=O)c2ccc(Br)c(N)c2)CC1. The normalized spacial score (nSPS) is 16.0. The highest BCUT2D eigenvalue weighted by Gasteiger charge is 2.27. The Balaban J connectivity index is 2.01. The number of nitrogens with two attached hydrogens (primary N) is 1. The number of halogens is 1. The van der Waals surface area contributed by atoms with Gasteiger partial charge in [-0.3, -0.25) is 9.59 Å². The zero-order valence-corrected chi connectivity index (χ0v) is 12.9. The molecule has 0 radical (unpaired) electrons. The van der Waals surface area contributed by atoms with E-state index in [-0.39, 0.29) is 17.7 Å². The Labute approximate surface area is 126 Å². The van der Waals surface area contributed by atoms with Crippen LogP contribution >= 0.6 is 15.9 Å². The summed E-state index contributed by atoms with van der Waals surface area (Å²) in [5.74, 6) is 0.0450. The van der Waals surface area contributed by atoms with E-state index >= 15 is 0 Å². The van der Waals surface area contributed by atoms with Crippen LogP contribution in [0.25, 0.3) is 0 Å². The summed E-state index contributed by atoms with van der Waals surface area (Å²) in [5.41, 5.74) is 6.94. The summed E-state index contributed by atoms with van der Waals surface area (Å²) in [6, 6.07) is 5.21. The zero-order valence-electron chi connectivity index (χ0n) is 11.4. The number of benzene rings is 1. The number of hydrogen-bond acceptors (Lipinski definition) is 3. The maximum atomic E-state index is 12.4. The van der Waals surface area contributed by atoms with E-state index in [9.17, 15) is 9.59 Å². The molecule has 5 nitrogen and oxygen atoms in total. The molecule has 108 valence electrons. The molecule has 2 rings (SSSR count). The molecule has 1 aliphatic rings. The van der Waals surface area contributed by atoms with Gasteiger partial charge in [-0.1, -0.05) is 0 Å². The highest BCUT2D eigenvalue weighted by atomic mass is 79.9. The quantitative estimate of drug-likeness (QED) is 0.804. The fourth-order valence-corrected chi connectivity index (χ4v) is 2.65. The number of rotatable bonds is 2. The Bertz CT molecular complexity index is 525. The first kappa shape index (κ1) is 14.8. The number of nitrogens with one attached hydrogen (secondary N) is 1. The van der Waals surface area contributed by atoms with E-state index in [0.717, 1.165) is 4.47 Å². The van der Waals surface area contributed by atoms with Crippen LogP contribution in [0.15, 0.2) is 22.7 Å². The second-order valence-corrected chi connectivity index (χ2v) is 5.77. The summed E-state index contributed by atoms with van der Waals surface area (Å²) in [6.07, 6.45) is 1.41. The van der Waals surface area contributed by atoms with Gasteiger partial charge in [0.1, 0.15) is 0 Å². The van der Waals surface area contributed by atoms with Crippen molar-refractivity contribution in [1.29, 1.82) is 0 Å². The molecule has 1 heterocycles. The third kappa shape index (κ3) is 3.12. The monoisotopic (exact) mass is 339 g/mol. The molecule has 0 spiro atoms. The minimum atomic E-state index is -0.0282.